The van der Waals surface area contributed by atoms with E-state index in [9.17, 15) is 4.79 Å². The van der Waals surface area contributed by atoms with Crippen molar-refractivity contribution in [2.75, 3.05) is 20.8 Å². The molecular formula is C27H34N2O3. The van der Waals surface area contributed by atoms with Gasteiger partial charge in [0.1, 0.15) is 11.5 Å². The van der Waals surface area contributed by atoms with Crippen LogP contribution in [0.25, 0.3) is 22.2 Å². The Bertz CT molecular complexity index is 1030. The van der Waals surface area contributed by atoms with Gasteiger partial charge in [0.2, 0.25) is 0 Å². The molecule has 0 spiro atoms. The fourth-order valence-electron chi connectivity index (χ4n) is 3.89. The number of carbonyl (C=O) groups is 1. The van der Waals surface area contributed by atoms with Gasteiger partial charge in [0.25, 0.3) is 5.91 Å². The smallest absolute Gasteiger partial charge is 0.252 e. The normalized spacial score (nSPS) is 10.8. The number of amides is 1. The number of nitrogens with zero attached hydrogens (tertiary/aromatic N) is 1. The number of unbranched alkanes of at least 4 members (excludes halogenated alkanes) is 6. The first kappa shape index (κ1) is 23.6. The number of methoxy groups -OCH3 is 2. The minimum atomic E-state index is -0.0664. The maximum atomic E-state index is 13.1. The summed E-state index contributed by atoms with van der Waals surface area (Å²) < 4.78 is 10.9. The number of pyridine rings is 1. The second-order valence-corrected chi connectivity index (χ2v) is 8.02. The summed E-state index contributed by atoms with van der Waals surface area (Å²) in [6.07, 6.45) is 8.55. The molecule has 3 rings (SSSR count). The van der Waals surface area contributed by atoms with Crippen LogP contribution in [0.5, 0.6) is 11.5 Å². The molecule has 1 aromatic heterocycles. The van der Waals surface area contributed by atoms with E-state index in [1.165, 1.54) is 32.1 Å². The molecule has 0 unspecified atom stereocenters. The van der Waals surface area contributed by atoms with E-state index in [-0.39, 0.29) is 5.91 Å². The minimum absolute atomic E-state index is 0.0664. The lowest BCUT2D eigenvalue weighted by Crippen LogP contribution is -2.24. The number of ether oxygens (including phenoxy) is 2. The van der Waals surface area contributed by atoms with Gasteiger partial charge in [0.05, 0.1) is 31.0 Å². The number of rotatable bonds is 12. The van der Waals surface area contributed by atoms with Gasteiger partial charge in [-0.1, -0.05) is 63.6 Å². The molecule has 1 heterocycles. The molecule has 0 aliphatic carbocycles. The Hall–Kier alpha value is -3.08. The summed E-state index contributed by atoms with van der Waals surface area (Å²) >= 11 is 0. The van der Waals surface area contributed by atoms with E-state index in [1.807, 2.05) is 48.5 Å². The second kappa shape index (κ2) is 12.1. The van der Waals surface area contributed by atoms with Crippen molar-refractivity contribution in [3.05, 3.63) is 54.1 Å². The average Bonchev–Trinajstić information content (AvgIpc) is 2.84. The predicted molar refractivity (Wildman–Crippen MR) is 131 cm³/mol. The zero-order valence-corrected chi connectivity index (χ0v) is 19.4. The summed E-state index contributed by atoms with van der Waals surface area (Å²) in [5, 5.41) is 3.95. The molecule has 1 amide bonds. The summed E-state index contributed by atoms with van der Waals surface area (Å²) in [6.45, 7) is 2.92. The van der Waals surface area contributed by atoms with Crippen LogP contribution >= 0.6 is 0 Å². The van der Waals surface area contributed by atoms with Crippen LogP contribution in [0.4, 0.5) is 0 Å². The highest BCUT2D eigenvalue weighted by molar-refractivity contribution is 6.07. The van der Waals surface area contributed by atoms with E-state index >= 15 is 0 Å². The zero-order valence-electron chi connectivity index (χ0n) is 19.4. The van der Waals surface area contributed by atoms with E-state index in [2.05, 4.69) is 12.2 Å². The van der Waals surface area contributed by atoms with Gasteiger partial charge >= 0.3 is 0 Å². The maximum Gasteiger partial charge on any atom is 0.252 e. The number of aromatic nitrogens is 1. The van der Waals surface area contributed by atoms with Gasteiger partial charge in [-0.05, 0) is 30.7 Å². The van der Waals surface area contributed by atoms with Crippen molar-refractivity contribution in [3.63, 3.8) is 0 Å². The van der Waals surface area contributed by atoms with Crippen LogP contribution < -0.4 is 14.8 Å². The van der Waals surface area contributed by atoms with Crippen molar-refractivity contribution >= 4 is 16.8 Å². The number of nitrogens with one attached hydrogen (secondary N) is 1. The first-order valence-corrected chi connectivity index (χ1v) is 11.6. The lowest BCUT2D eigenvalue weighted by Gasteiger charge is -2.13. The van der Waals surface area contributed by atoms with E-state index in [0.717, 1.165) is 29.3 Å². The Morgan fingerprint density at radius 3 is 2.41 bits per heavy atom. The molecule has 2 aromatic carbocycles. The summed E-state index contributed by atoms with van der Waals surface area (Å²) in [5.41, 5.74) is 2.93. The molecule has 0 aliphatic heterocycles. The summed E-state index contributed by atoms with van der Waals surface area (Å²) in [7, 11) is 3.24. The lowest BCUT2D eigenvalue weighted by atomic mass is 10.0. The molecule has 32 heavy (non-hydrogen) atoms. The predicted octanol–water partition coefficient (Wildman–Crippen LogP) is 6.40. The Labute approximate surface area is 191 Å². The molecule has 3 aromatic rings. The number of hydrogen-bond donors (Lipinski definition) is 1. The van der Waals surface area contributed by atoms with Crippen LogP contribution in [-0.2, 0) is 0 Å². The monoisotopic (exact) mass is 434 g/mol. The SMILES string of the molecule is CCCCCCCCCNC(=O)c1cc(-c2ccc(OC)cc2OC)nc2ccccc12. The van der Waals surface area contributed by atoms with Gasteiger partial charge in [-0.25, -0.2) is 4.98 Å². The second-order valence-electron chi connectivity index (χ2n) is 8.02. The number of para-hydroxylation sites is 1. The molecule has 0 fully saturated rings. The highest BCUT2D eigenvalue weighted by atomic mass is 16.5. The zero-order chi connectivity index (χ0) is 22.8. The Morgan fingerprint density at radius 2 is 1.66 bits per heavy atom. The quantitative estimate of drug-likeness (QED) is 0.335. The Morgan fingerprint density at radius 1 is 0.906 bits per heavy atom. The molecule has 0 atom stereocenters. The van der Waals surface area contributed by atoms with Crippen molar-refractivity contribution in [1.29, 1.82) is 0 Å². The highest BCUT2D eigenvalue weighted by Crippen LogP contribution is 2.34. The number of fused-ring (bicyclic) bond motifs is 1. The van der Waals surface area contributed by atoms with Crippen LogP contribution in [0, 0.1) is 0 Å². The molecule has 1 N–H and O–H groups in total. The van der Waals surface area contributed by atoms with Gasteiger partial charge < -0.3 is 14.8 Å². The topological polar surface area (TPSA) is 60.5 Å². The van der Waals surface area contributed by atoms with Crippen molar-refractivity contribution in [1.82, 2.24) is 10.3 Å². The fraction of sp³-hybridized carbons (Fsp3) is 0.407. The summed E-state index contributed by atoms with van der Waals surface area (Å²) in [5.74, 6) is 1.30. The van der Waals surface area contributed by atoms with E-state index in [4.69, 9.17) is 14.5 Å². The summed E-state index contributed by atoms with van der Waals surface area (Å²) in [4.78, 5) is 17.9. The first-order chi connectivity index (χ1) is 15.7. The molecule has 0 saturated heterocycles. The average molecular weight is 435 g/mol. The van der Waals surface area contributed by atoms with Crippen molar-refractivity contribution in [3.8, 4) is 22.8 Å². The Balaban J connectivity index is 1.78. The van der Waals surface area contributed by atoms with Crippen LogP contribution in [0.2, 0.25) is 0 Å². The molecule has 0 saturated carbocycles. The molecule has 0 bridgehead atoms. The first-order valence-electron chi connectivity index (χ1n) is 11.6. The number of benzene rings is 2. The van der Waals surface area contributed by atoms with E-state index in [0.29, 0.717) is 29.3 Å². The third kappa shape index (κ3) is 6.00. The highest BCUT2D eigenvalue weighted by Gasteiger charge is 2.16. The third-order valence-electron chi connectivity index (χ3n) is 5.71. The van der Waals surface area contributed by atoms with Gasteiger partial charge in [-0.15, -0.1) is 0 Å². The standard InChI is InChI=1S/C27H34N2O3/c1-4-5-6-7-8-9-12-17-28-27(30)23-19-25(29-24-14-11-10-13-21(23)24)22-16-15-20(31-2)18-26(22)32-3/h10-11,13-16,18-19H,4-9,12,17H2,1-3H3,(H,28,30). The molecule has 5 heteroatoms. The molecule has 0 radical (unpaired) electrons. The fourth-order valence-corrected chi connectivity index (χ4v) is 3.89. The third-order valence-corrected chi connectivity index (χ3v) is 5.71. The minimum Gasteiger partial charge on any atom is -0.497 e. The van der Waals surface area contributed by atoms with Crippen LogP contribution in [0.15, 0.2) is 48.5 Å². The Kier molecular flexibility index (Phi) is 8.90. The molecule has 0 aliphatic rings. The van der Waals surface area contributed by atoms with Crippen LogP contribution in [0.3, 0.4) is 0 Å². The maximum absolute atomic E-state index is 13.1. The van der Waals surface area contributed by atoms with E-state index < -0.39 is 0 Å². The largest absolute Gasteiger partial charge is 0.497 e. The van der Waals surface area contributed by atoms with Gasteiger partial charge in [0, 0.05) is 23.6 Å². The van der Waals surface area contributed by atoms with Gasteiger partial charge in [-0.2, -0.15) is 0 Å². The summed E-state index contributed by atoms with van der Waals surface area (Å²) in [6, 6.07) is 15.2. The lowest BCUT2D eigenvalue weighted by molar-refractivity contribution is 0.0954. The van der Waals surface area contributed by atoms with Gasteiger partial charge in [0.15, 0.2) is 0 Å². The van der Waals surface area contributed by atoms with Crippen molar-refractivity contribution in [2.24, 2.45) is 0 Å². The van der Waals surface area contributed by atoms with E-state index in [1.54, 1.807) is 14.2 Å². The number of hydrogen-bond acceptors (Lipinski definition) is 4. The number of carbonyl (C=O) groups excluding carboxylic acids is 1. The molecule has 5 nitrogen and oxygen atoms in total. The molecular weight excluding hydrogens is 400 g/mol. The van der Waals surface area contributed by atoms with Crippen molar-refractivity contribution in [2.45, 2.75) is 51.9 Å². The van der Waals surface area contributed by atoms with Crippen LogP contribution in [-0.4, -0.2) is 31.7 Å². The van der Waals surface area contributed by atoms with Crippen LogP contribution in [0.1, 0.15) is 62.2 Å². The van der Waals surface area contributed by atoms with Crippen molar-refractivity contribution < 1.29 is 14.3 Å². The molecule has 170 valence electrons. The van der Waals surface area contributed by atoms with Gasteiger partial charge in [-0.3, -0.25) is 4.79 Å².